The highest BCUT2D eigenvalue weighted by Crippen LogP contribution is 2.19. The average molecular weight is 233 g/mol. The summed E-state index contributed by atoms with van der Waals surface area (Å²) in [6.45, 7) is 10.7. The summed E-state index contributed by atoms with van der Waals surface area (Å²) in [7, 11) is 2.40. The second kappa shape index (κ2) is 5.09. The van der Waals surface area contributed by atoms with E-state index in [2.05, 4.69) is 50.1 Å². The quantitative estimate of drug-likeness (QED) is 0.726. The number of aryl methyl sites for hydroxylation is 1. The molecule has 2 heteroatoms. The molecule has 94 valence electrons. The summed E-state index contributed by atoms with van der Waals surface area (Å²) in [5.41, 5.74) is 2.73. The van der Waals surface area contributed by atoms with Crippen LogP contribution in [0.25, 0.3) is 0 Å². The third-order valence-electron chi connectivity index (χ3n) is 3.98. The lowest BCUT2D eigenvalue weighted by Gasteiger charge is -2.42. The van der Waals surface area contributed by atoms with Crippen LogP contribution < -0.4 is 4.90 Å². The van der Waals surface area contributed by atoms with Gasteiger partial charge >= 0.3 is 0 Å². The lowest BCUT2D eigenvalue weighted by atomic mass is 10.2. The van der Waals surface area contributed by atoms with E-state index < -0.39 is 0 Å². The van der Waals surface area contributed by atoms with Gasteiger partial charge in [0.2, 0.25) is 0 Å². The zero-order valence-corrected chi connectivity index (χ0v) is 11.4. The Morgan fingerprint density at radius 2 is 1.71 bits per heavy atom. The molecule has 1 saturated heterocycles. The monoisotopic (exact) mass is 233 g/mol. The molecule has 0 spiro atoms. The van der Waals surface area contributed by atoms with Gasteiger partial charge in [-0.25, -0.2) is 0 Å². The molecule has 0 aromatic heterocycles. The van der Waals surface area contributed by atoms with Crippen molar-refractivity contribution >= 4 is 5.69 Å². The number of quaternary nitrogens is 1. The molecule has 1 aliphatic rings. The summed E-state index contributed by atoms with van der Waals surface area (Å²) in [5.74, 6) is 0. The van der Waals surface area contributed by atoms with Crippen LogP contribution in [0.1, 0.15) is 18.9 Å². The first-order valence-electron chi connectivity index (χ1n) is 6.78. The van der Waals surface area contributed by atoms with Gasteiger partial charge in [-0.2, -0.15) is 0 Å². The zero-order valence-electron chi connectivity index (χ0n) is 11.4. The summed E-state index contributed by atoms with van der Waals surface area (Å²) in [4.78, 5) is 2.52. The molecule has 2 nitrogen and oxygen atoms in total. The number of piperazine rings is 1. The molecular formula is C15H25N2+. The molecule has 0 radical (unpaired) electrons. The normalized spacial score (nSPS) is 19.4. The fraction of sp³-hybridized carbons (Fsp3) is 0.600. The Bertz CT molecular complexity index is 348. The Morgan fingerprint density at radius 1 is 1.12 bits per heavy atom. The largest absolute Gasteiger partial charge is 0.360 e. The first-order chi connectivity index (χ1) is 8.13. The van der Waals surface area contributed by atoms with Crippen LogP contribution in [0.5, 0.6) is 0 Å². The molecule has 0 N–H and O–H groups in total. The third kappa shape index (κ3) is 3.01. The number of nitrogens with zero attached hydrogens (tertiary/aromatic N) is 2. The molecule has 1 aromatic rings. The Kier molecular flexibility index (Phi) is 3.72. The molecule has 0 amide bonds. The molecule has 17 heavy (non-hydrogen) atoms. The van der Waals surface area contributed by atoms with E-state index >= 15 is 0 Å². The zero-order chi connectivity index (χ0) is 12.3. The fourth-order valence-corrected chi connectivity index (χ4v) is 2.73. The average Bonchev–Trinajstić information content (AvgIpc) is 2.31. The molecule has 2 rings (SSSR count). The molecule has 1 aliphatic heterocycles. The van der Waals surface area contributed by atoms with E-state index in [9.17, 15) is 0 Å². The van der Waals surface area contributed by atoms with Gasteiger partial charge in [0.15, 0.2) is 0 Å². The predicted molar refractivity (Wildman–Crippen MR) is 74.5 cm³/mol. The lowest BCUT2D eigenvalue weighted by Crippen LogP contribution is -2.57. The molecule has 1 fully saturated rings. The number of anilines is 1. The summed E-state index contributed by atoms with van der Waals surface area (Å²) >= 11 is 0. The van der Waals surface area contributed by atoms with Crippen LogP contribution >= 0.6 is 0 Å². The minimum absolute atomic E-state index is 1.19. The Morgan fingerprint density at radius 3 is 2.24 bits per heavy atom. The van der Waals surface area contributed by atoms with Crippen molar-refractivity contribution in [3.8, 4) is 0 Å². The lowest BCUT2D eigenvalue weighted by molar-refractivity contribution is -0.910. The first kappa shape index (κ1) is 12.4. The van der Waals surface area contributed by atoms with Gasteiger partial charge in [0.05, 0.1) is 39.8 Å². The van der Waals surface area contributed by atoms with Crippen molar-refractivity contribution in [1.82, 2.24) is 0 Å². The summed E-state index contributed by atoms with van der Waals surface area (Å²) in [5, 5.41) is 0. The smallest absolute Gasteiger partial charge is 0.0963 e. The van der Waals surface area contributed by atoms with E-state index in [1.165, 1.54) is 54.9 Å². The van der Waals surface area contributed by atoms with Gasteiger partial charge in [-0.05, 0) is 25.5 Å². The molecule has 0 saturated carbocycles. The second-order valence-electron chi connectivity index (χ2n) is 5.61. The van der Waals surface area contributed by atoms with Crippen molar-refractivity contribution in [2.24, 2.45) is 0 Å². The molecule has 1 heterocycles. The van der Waals surface area contributed by atoms with Gasteiger partial charge in [0.25, 0.3) is 0 Å². The van der Waals surface area contributed by atoms with Crippen LogP contribution in [0.4, 0.5) is 5.69 Å². The summed E-state index contributed by atoms with van der Waals surface area (Å²) in [6, 6.07) is 8.93. The van der Waals surface area contributed by atoms with E-state index in [0.717, 1.165) is 0 Å². The SMILES string of the molecule is CCC[N+]1(C)CCN(c2ccc(C)cc2)CC1. The Labute approximate surface area is 105 Å². The van der Waals surface area contributed by atoms with Gasteiger partial charge in [-0.1, -0.05) is 24.6 Å². The van der Waals surface area contributed by atoms with Crippen molar-refractivity contribution < 1.29 is 4.48 Å². The molecular weight excluding hydrogens is 208 g/mol. The van der Waals surface area contributed by atoms with Crippen LogP contribution in [0.3, 0.4) is 0 Å². The molecule has 0 aliphatic carbocycles. The van der Waals surface area contributed by atoms with Gasteiger partial charge in [-0.15, -0.1) is 0 Å². The molecule has 0 atom stereocenters. The fourth-order valence-electron chi connectivity index (χ4n) is 2.73. The molecule has 0 unspecified atom stereocenters. The summed E-state index contributed by atoms with van der Waals surface area (Å²) < 4.78 is 1.25. The summed E-state index contributed by atoms with van der Waals surface area (Å²) in [6.07, 6.45) is 1.29. The maximum atomic E-state index is 2.52. The van der Waals surface area contributed by atoms with Crippen LogP contribution in [0.2, 0.25) is 0 Å². The highest BCUT2D eigenvalue weighted by atomic mass is 15.4. The van der Waals surface area contributed by atoms with E-state index in [4.69, 9.17) is 0 Å². The maximum Gasteiger partial charge on any atom is 0.0963 e. The maximum absolute atomic E-state index is 2.52. The van der Waals surface area contributed by atoms with Gasteiger partial charge in [-0.3, -0.25) is 0 Å². The van der Waals surface area contributed by atoms with E-state index in [-0.39, 0.29) is 0 Å². The number of rotatable bonds is 3. The standard InChI is InChI=1S/C15H25N2/c1-4-11-17(3)12-9-16(10-13-17)15-7-5-14(2)6-8-15/h5-8H,4,9-13H2,1-3H3/q+1. The van der Waals surface area contributed by atoms with Crippen molar-refractivity contribution in [2.75, 3.05) is 44.7 Å². The number of benzene rings is 1. The van der Waals surface area contributed by atoms with E-state index in [0.29, 0.717) is 0 Å². The van der Waals surface area contributed by atoms with Crippen LogP contribution in [0.15, 0.2) is 24.3 Å². The minimum atomic E-state index is 1.19. The van der Waals surface area contributed by atoms with Crippen molar-refractivity contribution in [3.63, 3.8) is 0 Å². The predicted octanol–water partition coefficient (Wildman–Crippen LogP) is 2.67. The van der Waals surface area contributed by atoms with Crippen molar-refractivity contribution in [1.29, 1.82) is 0 Å². The van der Waals surface area contributed by atoms with Crippen LogP contribution in [0, 0.1) is 6.92 Å². The van der Waals surface area contributed by atoms with Crippen molar-refractivity contribution in [3.05, 3.63) is 29.8 Å². The van der Waals surface area contributed by atoms with E-state index in [1.54, 1.807) is 0 Å². The van der Waals surface area contributed by atoms with Gasteiger partial charge in [0, 0.05) is 5.69 Å². The Balaban J connectivity index is 1.97. The number of hydrogen-bond donors (Lipinski definition) is 0. The van der Waals surface area contributed by atoms with Crippen LogP contribution in [-0.4, -0.2) is 44.3 Å². The van der Waals surface area contributed by atoms with Crippen LogP contribution in [-0.2, 0) is 0 Å². The Hall–Kier alpha value is -1.02. The van der Waals surface area contributed by atoms with Gasteiger partial charge < -0.3 is 9.38 Å². The number of hydrogen-bond acceptors (Lipinski definition) is 1. The second-order valence-corrected chi connectivity index (χ2v) is 5.61. The van der Waals surface area contributed by atoms with E-state index in [1.807, 2.05) is 0 Å². The first-order valence-corrected chi connectivity index (χ1v) is 6.78. The molecule has 1 aromatic carbocycles. The van der Waals surface area contributed by atoms with Gasteiger partial charge in [0.1, 0.15) is 0 Å². The molecule has 0 bridgehead atoms. The highest BCUT2D eigenvalue weighted by Gasteiger charge is 2.27. The topological polar surface area (TPSA) is 3.24 Å². The minimum Gasteiger partial charge on any atom is -0.360 e. The third-order valence-corrected chi connectivity index (χ3v) is 3.98. The number of likely N-dealkylation sites (N-methyl/N-ethyl adjacent to an activating group) is 1. The highest BCUT2D eigenvalue weighted by molar-refractivity contribution is 5.47. The van der Waals surface area contributed by atoms with Crippen molar-refractivity contribution in [2.45, 2.75) is 20.3 Å².